The number of nitrogens with one attached hydrogen (secondary N) is 2. The average molecular weight is 410 g/mol. The summed E-state index contributed by atoms with van der Waals surface area (Å²) in [6, 6.07) is 7.07. The maximum Gasteiger partial charge on any atom is 0.190 e. The van der Waals surface area contributed by atoms with E-state index in [0.29, 0.717) is 18.5 Å². The van der Waals surface area contributed by atoms with Crippen LogP contribution in [-0.4, -0.2) is 35.9 Å². The van der Waals surface area contributed by atoms with Crippen LogP contribution in [0, 0.1) is 19.7 Å². The first-order valence-electron chi connectivity index (χ1n) is 8.39. The second kappa shape index (κ2) is 9.56. The topological polar surface area (TPSA) is 54.2 Å². The normalized spacial score (nSPS) is 11.6. The summed E-state index contributed by atoms with van der Waals surface area (Å²) in [5, 5.41) is 10.9. The minimum Gasteiger partial charge on any atom is -0.356 e. The van der Waals surface area contributed by atoms with Gasteiger partial charge in [0, 0.05) is 36.8 Å². The number of halogens is 2. The molecule has 1 aromatic heterocycles. The Morgan fingerprint density at radius 2 is 2.00 bits per heavy atom. The standard InChI is InChI=1S/C18H25BrFN5/c1-13-11-14(2)25(24-13)10-4-8-22-18(21-3)23-9-7-15-12-16(19)5-6-17(15)20/h5-6,11-12H,4,7-10H2,1-3H3,(H2,21,22,23). The van der Waals surface area contributed by atoms with Gasteiger partial charge in [0.15, 0.2) is 5.96 Å². The lowest BCUT2D eigenvalue weighted by Gasteiger charge is -2.12. The quantitative estimate of drug-likeness (QED) is 0.419. The van der Waals surface area contributed by atoms with Gasteiger partial charge in [0.1, 0.15) is 5.82 Å². The number of aliphatic imine (C=N–C) groups is 1. The maximum absolute atomic E-state index is 13.7. The van der Waals surface area contributed by atoms with Gasteiger partial charge in [-0.1, -0.05) is 15.9 Å². The van der Waals surface area contributed by atoms with Crippen LogP contribution in [-0.2, 0) is 13.0 Å². The Labute approximate surface area is 156 Å². The zero-order valence-electron chi connectivity index (χ0n) is 14.9. The molecule has 5 nitrogen and oxygen atoms in total. The molecule has 2 aromatic rings. The summed E-state index contributed by atoms with van der Waals surface area (Å²) in [7, 11) is 1.73. The fraction of sp³-hybridized carbons (Fsp3) is 0.444. The van der Waals surface area contributed by atoms with E-state index in [1.165, 1.54) is 11.8 Å². The lowest BCUT2D eigenvalue weighted by atomic mass is 10.1. The highest BCUT2D eigenvalue weighted by atomic mass is 79.9. The molecule has 0 fully saturated rings. The molecule has 0 spiro atoms. The van der Waals surface area contributed by atoms with E-state index in [9.17, 15) is 4.39 Å². The third kappa shape index (κ3) is 6.16. The van der Waals surface area contributed by atoms with Crippen molar-refractivity contribution in [2.24, 2.45) is 4.99 Å². The van der Waals surface area contributed by atoms with Crippen molar-refractivity contribution in [3.63, 3.8) is 0 Å². The Bertz CT molecular complexity index is 726. The minimum atomic E-state index is -0.183. The summed E-state index contributed by atoms with van der Waals surface area (Å²) in [4.78, 5) is 4.19. The SMILES string of the molecule is CN=C(NCCCn1nc(C)cc1C)NCCc1cc(Br)ccc1F. The molecule has 0 saturated carbocycles. The Hall–Kier alpha value is -1.89. The van der Waals surface area contributed by atoms with Gasteiger partial charge in [-0.25, -0.2) is 4.39 Å². The number of hydrogen-bond acceptors (Lipinski definition) is 2. The van der Waals surface area contributed by atoms with Crippen molar-refractivity contribution in [2.75, 3.05) is 20.1 Å². The molecule has 0 aliphatic carbocycles. The maximum atomic E-state index is 13.7. The summed E-state index contributed by atoms with van der Waals surface area (Å²) < 4.78 is 16.6. The van der Waals surface area contributed by atoms with Crippen LogP contribution in [0.2, 0.25) is 0 Å². The fourth-order valence-corrected chi connectivity index (χ4v) is 3.02. The molecule has 0 bridgehead atoms. The molecule has 0 aliphatic rings. The van der Waals surface area contributed by atoms with E-state index >= 15 is 0 Å². The zero-order chi connectivity index (χ0) is 18.2. The van der Waals surface area contributed by atoms with Gasteiger partial charge < -0.3 is 10.6 Å². The van der Waals surface area contributed by atoms with Crippen LogP contribution in [0.5, 0.6) is 0 Å². The summed E-state index contributed by atoms with van der Waals surface area (Å²) in [5.41, 5.74) is 2.90. The van der Waals surface area contributed by atoms with Gasteiger partial charge in [-0.05, 0) is 56.5 Å². The number of benzene rings is 1. The van der Waals surface area contributed by atoms with Crippen molar-refractivity contribution >= 4 is 21.9 Å². The molecule has 25 heavy (non-hydrogen) atoms. The summed E-state index contributed by atoms with van der Waals surface area (Å²) >= 11 is 3.37. The largest absolute Gasteiger partial charge is 0.356 e. The number of rotatable bonds is 7. The predicted molar refractivity (Wildman–Crippen MR) is 103 cm³/mol. The molecule has 0 radical (unpaired) electrons. The average Bonchev–Trinajstić information content (AvgIpc) is 2.90. The first-order valence-corrected chi connectivity index (χ1v) is 9.18. The third-order valence-electron chi connectivity index (χ3n) is 3.86. The number of aromatic nitrogens is 2. The Morgan fingerprint density at radius 3 is 2.68 bits per heavy atom. The molecule has 1 aromatic carbocycles. The predicted octanol–water partition coefficient (Wildman–Crippen LogP) is 3.20. The Balaban J connectivity index is 1.70. The molecule has 1 heterocycles. The van der Waals surface area contributed by atoms with Gasteiger partial charge in [0.2, 0.25) is 0 Å². The highest BCUT2D eigenvalue weighted by Crippen LogP contribution is 2.15. The van der Waals surface area contributed by atoms with Gasteiger partial charge in [0.05, 0.1) is 5.69 Å². The van der Waals surface area contributed by atoms with E-state index in [0.717, 1.165) is 35.6 Å². The van der Waals surface area contributed by atoms with Crippen molar-refractivity contribution in [1.82, 2.24) is 20.4 Å². The number of hydrogen-bond donors (Lipinski definition) is 2. The van der Waals surface area contributed by atoms with Crippen molar-refractivity contribution in [3.8, 4) is 0 Å². The summed E-state index contributed by atoms with van der Waals surface area (Å²) in [6.07, 6.45) is 1.54. The number of aryl methyl sites for hydroxylation is 3. The monoisotopic (exact) mass is 409 g/mol. The van der Waals surface area contributed by atoms with Crippen LogP contribution in [0.1, 0.15) is 23.4 Å². The van der Waals surface area contributed by atoms with Crippen molar-refractivity contribution < 1.29 is 4.39 Å². The molecular weight excluding hydrogens is 385 g/mol. The van der Waals surface area contributed by atoms with Crippen LogP contribution < -0.4 is 10.6 Å². The van der Waals surface area contributed by atoms with E-state index < -0.39 is 0 Å². The van der Waals surface area contributed by atoms with Crippen molar-refractivity contribution in [2.45, 2.75) is 33.2 Å². The first kappa shape index (κ1) is 19.4. The number of guanidine groups is 1. The number of nitrogens with zero attached hydrogens (tertiary/aromatic N) is 3. The smallest absolute Gasteiger partial charge is 0.190 e. The molecule has 0 amide bonds. The highest BCUT2D eigenvalue weighted by molar-refractivity contribution is 9.10. The van der Waals surface area contributed by atoms with Crippen LogP contribution in [0.25, 0.3) is 0 Å². The van der Waals surface area contributed by atoms with E-state index in [1.807, 2.05) is 17.7 Å². The Kier molecular flexibility index (Phi) is 7.43. The molecule has 0 saturated heterocycles. The van der Waals surface area contributed by atoms with Gasteiger partial charge in [-0.2, -0.15) is 5.10 Å². The van der Waals surface area contributed by atoms with Gasteiger partial charge in [-0.3, -0.25) is 9.67 Å². The van der Waals surface area contributed by atoms with E-state index in [4.69, 9.17) is 0 Å². The molecule has 136 valence electrons. The molecule has 7 heteroatoms. The molecule has 0 atom stereocenters. The summed E-state index contributed by atoms with van der Waals surface area (Å²) in [5.74, 6) is 0.543. The van der Waals surface area contributed by atoms with Gasteiger partial charge >= 0.3 is 0 Å². The van der Waals surface area contributed by atoms with Crippen LogP contribution in [0.3, 0.4) is 0 Å². The zero-order valence-corrected chi connectivity index (χ0v) is 16.5. The highest BCUT2D eigenvalue weighted by Gasteiger charge is 2.04. The van der Waals surface area contributed by atoms with Crippen LogP contribution in [0.15, 0.2) is 33.7 Å². The second-order valence-electron chi connectivity index (χ2n) is 5.92. The van der Waals surface area contributed by atoms with Gasteiger partial charge in [0.25, 0.3) is 0 Å². The molecule has 0 aliphatic heterocycles. The summed E-state index contributed by atoms with van der Waals surface area (Å²) in [6.45, 7) is 6.34. The van der Waals surface area contributed by atoms with E-state index in [-0.39, 0.29) is 5.82 Å². The third-order valence-corrected chi connectivity index (χ3v) is 4.35. The Morgan fingerprint density at radius 1 is 1.24 bits per heavy atom. The van der Waals surface area contributed by atoms with Crippen molar-refractivity contribution in [3.05, 3.63) is 51.5 Å². The molecule has 2 N–H and O–H groups in total. The molecule has 2 rings (SSSR count). The lowest BCUT2D eigenvalue weighted by molar-refractivity contribution is 0.555. The lowest BCUT2D eigenvalue weighted by Crippen LogP contribution is -2.39. The molecular formula is C18H25BrFN5. The van der Waals surface area contributed by atoms with Crippen LogP contribution >= 0.6 is 15.9 Å². The fourth-order valence-electron chi connectivity index (χ4n) is 2.61. The second-order valence-corrected chi connectivity index (χ2v) is 6.83. The minimum absolute atomic E-state index is 0.183. The molecule has 0 unspecified atom stereocenters. The van der Waals surface area contributed by atoms with Crippen molar-refractivity contribution in [1.29, 1.82) is 0 Å². The van der Waals surface area contributed by atoms with Crippen LogP contribution in [0.4, 0.5) is 4.39 Å². The van der Waals surface area contributed by atoms with E-state index in [2.05, 4.69) is 49.6 Å². The van der Waals surface area contributed by atoms with E-state index in [1.54, 1.807) is 13.1 Å². The first-order chi connectivity index (χ1) is 12.0. The van der Waals surface area contributed by atoms with Gasteiger partial charge in [-0.15, -0.1) is 0 Å².